The molecule has 0 fully saturated rings. The van der Waals surface area contributed by atoms with Gasteiger partial charge in [-0.2, -0.15) is 0 Å². The summed E-state index contributed by atoms with van der Waals surface area (Å²) in [4.78, 5) is -0.264. The number of halogens is 1. The predicted octanol–water partition coefficient (Wildman–Crippen LogP) is 0.584. The first-order valence-corrected chi connectivity index (χ1v) is 1.67. The Hall–Kier alpha value is -0.800. The van der Waals surface area contributed by atoms with Crippen LogP contribution in [0.2, 0.25) is 0 Å². The summed E-state index contributed by atoms with van der Waals surface area (Å²) in [6.45, 7) is 0. The van der Waals surface area contributed by atoms with Crippen molar-refractivity contribution in [3.63, 3.8) is 0 Å². The van der Waals surface area contributed by atoms with Crippen LogP contribution in [0.15, 0.2) is 20.7 Å². The second kappa shape index (κ2) is 3.27. The number of guanidine groups is 1. The normalized spacial score (nSPS) is 13.6. The highest BCUT2D eigenvalue weighted by atomic mass is 127. The fourth-order valence-corrected chi connectivity index (χ4v) is 0.220. The molecule has 0 aliphatic carbocycles. The highest BCUT2D eigenvalue weighted by molar-refractivity contribution is 14.0. The summed E-state index contributed by atoms with van der Waals surface area (Å²) in [6.07, 6.45) is 0. The van der Waals surface area contributed by atoms with Crippen LogP contribution in [0.5, 0.6) is 0 Å². The van der Waals surface area contributed by atoms with Gasteiger partial charge in [-0.15, -0.1) is 24.0 Å². The van der Waals surface area contributed by atoms with Crippen molar-refractivity contribution in [3.8, 4) is 0 Å². The molecule has 8 heteroatoms. The SMILES string of the molecule is I.O[N+](O)=C1N=NN=N1. The topological polar surface area (TPSA) is 92.9 Å². The summed E-state index contributed by atoms with van der Waals surface area (Å²) >= 11 is 0. The van der Waals surface area contributed by atoms with Gasteiger partial charge in [0.1, 0.15) is 4.90 Å². The van der Waals surface area contributed by atoms with Gasteiger partial charge in [0, 0.05) is 0 Å². The van der Waals surface area contributed by atoms with Gasteiger partial charge in [-0.25, -0.2) is 0 Å². The molecular weight excluding hydrogens is 241 g/mol. The maximum absolute atomic E-state index is 8.10. The van der Waals surface area contributed by atoms with Gasteiger partial charge in [0.25, 0.3) is 0 Å². The first-order valence-electron chi connectivity index (χ1n) is 1.67. The zero-order chi connectivity index (χ0) is 5.98. The number of nitrogens with zero attached hydrogens (tertiary/aromatic N) is 5. The Labute approximate surface area is 66.3 Å². The van der Waals surface area contributed by atoms with Gasteiger partial charge in [-0.1, -0.05) is 0 Å². The summed E-state index contributed by atoms with van der Waals surface area (Å²) in [6, 6.07) is 0. The van der Waals surface area contributed by atoms with Crippen LogP contribution in [0, 0.1) is 0 Å². The third kappa shape index (κ3) is 1.87. The fourth-order valence-electron chi connectivity index (χ4n) is 0.220. The maximum Gasteiger partial charge on any atom is 0.551 e. The molecule has 0 saturated heterocycles. The van der Waals surface area contributed by atoms with Gasteiger partial charge in [-0.3, -0.25) is 0 Å². The summed E-state index contributed by atoms with van der Waals surface area (Å²) < 4.78 is 0. The molecule has 0 radical (unpaired) electrons. The molecule has 1 aliphatic rings. The Morgan fingerprint density at radius 2 is 1.56 bits per heavy atom. The van der Waals surface area contributed by atoms with Crippen LogP contribution < -0.4 is 0 Å². The maximum atomic E-state index is 8.10. The zero-order valence-electron chi connectivity index (χ0n) is 4.04. The van der Waals surface area contributed by atoms with E-state index in [0.29, 0.717) is 0 Å². The number of rotatable bonds is 0. The highest BCUT2D eigenvalue weighted by Gasteiger charge is 2.17. The lowest BCUT2D eigenvalue weighted by Crippen LogP contribution is -2.06. The van der Waals surface area contributed by atoms with E-state index >= 15 is 0 Å². The van der Waals surface area contributed by atoms with E-state index in [1.165, 1.54) is 0 Å². The molecule has 0 aromatic rings. The van der Waals surface area contributed by atoms with Crippen molar-refractivity contribution in [1.82, 2.24) is 0 Å². The Kier molecular flexibility index (Phi) is 2.98. The Morgan fingerprint density at radius 1 is 1.11 bits per heavy atom. The van der Waals surface area contributed by atoms with Gasteiger partial charge in [0.2, 0.25) is 0 Å². The van der Waals surface area contributed by atoms with Gasteiger partial charge < -0.3 is 10.4 Å². The third-order valence-corrected chi connectivity index (χ3v) is 0.487. The van der Waals surface area contributed by atoms with E-state index in [1.807, 2.05) is 0 Å². The molecule has 50 valence electrons. The summed E-state index contributed by atoms with van der Waals surface area (Å²) in [5.74, 6) is -0.343. The minimum Gasteiger partial charge on any atom is -0.340 e. The van der Waals surface area contributed by atoms with Crippen LogP contribution in [0.3, 0.4) is 0 Å². The van der Waals surface area contributed by atoms with E-state index in [9.17, 15) is 0 Å². The largest absolute Gasteiger partial charge is 0.551 e. The van der Waals surface area contributed by atoms with Crippen LogP contribution >= 0.6 is 24.0 Å². The molecule has 2 N–H and O–H groups in total. The van der Waals surface area contributed by atoms with Gasteiger partial charge in [0.05, 0.1) is 20.7 Å². The molecule has 0 aromatic heterocycles. The van der Waals surface area contributed by atoms with Crippen LogP contribution in [0.25, 0.3) is 0 Å². The minimum absolute atomic E-state index is 0. The van der Waals surface area contributed by atoms with Crippen LogP contribution in [-0.2, 0) is 0 Å². The summed E-state index contributed by atoms with van der Waals surface area (Å²) in [7, 11) is 0. The molecule has 0 saturated carbocycles. The van der Waals surface area contributed by atoms with Crippen molar-refractivity contribution in [2.24, 2.45) is 20.7 Å². The van der Waals surface area contributed by atoms with Crippen LogP contribution in [-0.4, -0.2) is 21.3 Å². The second-order valence-corrected chi connectivity index (χ2v) is 0.968. The molecule has 1 rings (SSSR count). The van der Waals surface area contributed by atoms with Crippen molar-refractivity contribution in [3.05, 3.63) is 0 Å². The van der Waals surface area contributed by atoms with Crippen LogP contribution in [0.4, 0.5) is 0 Å². The average Bonchev–Trinajstić information content (AvgIpc) is 2.12. The molecule has 1 aliphatic heterocycles. The monoisotopic (exact) mass is 244 g/mol. The average molecular weight is 244 g/mol. The standard InChI is InChI=1S/CH2N5O2.HI/c7-6(8)1-2-4-5-3-1;/h7-8H;1H/q+1;. The van der Waals surface area contributed by atoms with Gasteiger partial charge in [0.15, 0.2) is 0 Å². The molecule has 0 unspecified atom stereocenters. The zero-order valence-corrected chi connectivity index (χ0v) is 6.37. The smallest absolute Gasteiger partial charge is 0.340 e. The minimum atomic E-state index is -0.343. The van der Waals surface area contributed by atoms with E-state index in [0.717, 1.165) is 0 Å². The first-order chi connectivity index (χ1) is 3.80. The Balaban J connectivity index is 0.000000640. The first kappa shape index (κ1) is 8.20. The molecule has 0 spiro atoms. The van der Waals surface area contributed by atoms with E-state index in [2.05, 4.69) is 20.7 Å². The van der Waals surface area contributed by atoms with Gasteiger partial charge >= 0.3 is 5.96 Å². The molecule has 1 heterocycles. The highest BCUT2D eigenvalue weighted by Crippen LogP contribution is 1.94. The lowest BCUT2D eigenvalue weighted by Gasteiger charge is -1.75. The molecule has 9 heavy (non-hydrogen) atoms. The van der Waals surface area contributed by atoms with E-state index < -0.39 is 0 Å². The second-order valence-electron chi connectivity index (χ2n) is 0.968. The Morgan fingerprint density at radius 3 is 1.78 bits per heavy atom. The quantitative estimate of drug-likeness (QED) is 0.370. The fraction of sp³-hybridized carbons (Fsp3) is 0. The molecule has 0 amide bonds. The summed E-state index contributed by atoms with van der Waals surface area (Å²) in [5, 5.41) is 28.3. The Bertz CT molecular complexity index is 165. The molecule has 0 atom stereocenters. The summed E-state index contributed by atoms with van der Waals surface area (Å²) in [5.41, 5.74) is 0. The van der Waals surface area contributed by atoms with Crippen molar-refractivity contribution >= 4 is 29.9 Å². The van der Waals surface area contributed by atoms with E-state index in [1.54, 1.807) is 0 Å². The van der Waals surface area contributed by atoms with E-state index in [-0.39, 0.29) is 34.8 Å². The van der Waals surface area contributed by atoms with Crippen molar-refractivity contribution in [1.29, 1.82) is 0 Å². The lowest BCUT2D eigenvalue weighted by molar-refractivity contribution is -0.956. The lowest BCUT2D eigenvalue weighted by atomic mass is 11.1. The van der Waals surface area contributed by atoms with Gasteiger partial charge in [-0.05, 0) is 0 Å². The van der Waals surface area contributed by atoms with Crippen molar-refractivity contribution in [2.75, 3.05) is 0 Å². The molecular formula is CH3IN5O2+. The van der Waals surface area contributed by atoms with Crippen LogP contribution in [0.1, 0.15) is 0 Å². The number of hydrogen-bond acceptors (Lipinski definition) is 4. The van der Waals surface area contributed by atoms with Crippen molar-refractivity contribution < 1.29 is 15.3 Å². The molecule has 7 nitrogen and oxygen atoms in total. The van der Waals surface area contributed by atoms with E-state index in [4.69, 9.17) is 10.4 Å². The predicted molar refractivity (Wildman–Crippen MR) is 34.0 cm³/mol. The third-order valence-electron chi connectivity index (χ3n) is 0.487. The number of hydrogen-bond donors (Lipinski definition) is 2. The molecule has 0 bridgehead atoms. The van der Waals surface area contributed by atoms with Crippen molar-refractivity contribution in [2.45, 2.75) is 0 Å². The molecule has 0 aromatic carbocycles.